The first-order chi connectivity index (χ1) is 9.23. The number of Topliss-reactive ketones (excluding diaryl/α,β-unsaturated/α-hetero) is 1. The van der Waals surface area contributed by atoms with Crippen molar-refractivity contribution in [3.63, 3.8) is 0 Å². The second-order valence-corrected chi connectivity index (χ2v) is 5.84. The van der Waals surface area contributed by atoms with Gasteiger partial charge in [0, 0.05) is 24.2 Å². The van der Waals surface area contributed by atoms with E-state index in [-0.39, 0.29) is 11.2 Å². The molecule has 0 fully saturated rings. The number of rotatable bonds is 6. The molecule has 0 unspecified atom stereocenters. The van der Waals surface area contributed by atoms with Gasteiger partial charge in [-0.1, -0.05) is 20.8 Å². The highest BCUT2D eigenvalue weighted by molar-refractivity contribution is 6.01. The second kappa shape index (κ2) is 6.55. The largest absolute Gasteiger partial charge is 0.465 e. The Balaban J connectivity index is 3.19. The van der Waals surface area contributed by atoms with Crippen LogP contribution in [0.25, 0.3) is 0 Å². The fraction of sp³-hybridized carbons (Fsp3) is 0.688. The molecule has 0 atom stereocenters. The van der Waals surface area contributed by atoms with Crippen LogP contribution in [-0.4, -0.2) is 25.3 Å². The zero-order valence-corrected chi connectivity index (χ0v) is 13.6. The van der Waals surface area contributed by atoms with Crippen LogP contribution in [0.2, 0.25) is 0 Å². The molecule has 0 N–H and O–H groups in total. The van der Waals surface area contributed by atoms with Crippen LogP contribution in [0.3, 0.4) is 0 Å². The number of hydrogen-bond acceptors (Lipinski definition) is 4. The van der Waals surface area contributed by atoms with E-state index < -0.39 is 6.29 Å². The van der Waals surface area contributed by atoms with Crippen LogP contribution in [0, 0.1) is 13.8 Å². The van der Waals surface area contributed by atoms with Crippen LogP contribution in [0.5, 0.6) is 0 Å². The first-order valence-corrected chi connectivity index (χ1v) is 7.11. The highest BCUT2D eigenvalue weighted by atomic mass is 16.7. The minimum Gasteiger partial charge on any atom is -0.465 e. The summed E-state index contributed by atoms with van der Waals surface area (Å²) >= 11 is 0. The van der Waals surface area contributed by atoms with E-state index >= 15 is 0 Å². The van der Waals surface area contributed by atoms with Gasteiger partial charge in [0.15, 0.2) is 0 Å². The number of aryl methyl sites for hydroxylation is 1. The molecule has 0 aliphatic rings. The van der Waals surface area contributed by atoms with Crippen molar-refractivity contribution in [3.05, 3.63) is 22.6 Å². The first-order valence-electron chi connectivity index (χ1n) is 7.11. The maximum atomic E-state index is 12.6. The molecule has 0 aliphatic heterocycles. The van der Waals surface area contributed by atoms with Gasteiger partial charge in [-0.3, -0.25) is 4.79 Å². The molecular formula is C16H26O4. The number of carbonyl (C=O) groups is 1. The monoisotopic (exact) mass is 282 g/mol. The summed E-state index contributed by atoms with van der Waals surface area (Å²) in [5.41, 5.74) is 1.33. The third-order valence-electron chi connectivity index (χ3n) is 3.10. The van der Waals surface area contributed by atoms with Crippen molar-refractivity contribution in [2.45, 2.75) is 60.2 Å². The predicted octanol–water partition coefficient (Wildman–Crippen LogP) is 3.78. The number of ether oxygens (including phenoxy) is 2. The maximum absolute atomic E-state index is 12.6. The third-order valence-corrected chi connectivity index (χ3v) is 3.10. The lowest BCUT2D eigenvalue weighted by Crippen LogP contribution is -2.28. The van der Waals surface area contributed by atoms with Gasteiger partial charge >= 0.3 is 0 Å². The van der Waals surface area contributed by atoms with E-state index in [4.69, 9.17) is 13.9 Å². The Bertz CT molecular complexity index is 460. The maximum Gasteiger partial charge on any atom is 0.222 e. The molecule has 0 aliphatic carbocycles. The summed E-state index contributed by atoms with van der Waals surface area (Å²) in [4.78, 5) is 12.6. The zero-order chi connectivity index (χ0) is 15.5. The van der Waals surface area contributed by atoms with Crippen LogP contribution in [0.4, 0.5) is 0 Å². The summed E-state index contributed by atoms with van der Waals surface area (Å²) in [5.74, 6) is 1.30. The summed E-state index contributed by atoms with van der Waals surface area (Å²) < 4.78 is 16.6. The van der Waals surface area contributed by atoms with Gasteiger partial charge in [0.1, 0.15) is 11.5 Å². The van der Waals surface area contributed by atoms with Crippen LogP contribution < -0.4 is 0 Å². The van der Waals surface area contributed by atoms with Crippen molar-refractivity contribution in [1.82, 2.24) is 0 Å². The third kappa shape index (κ3) is 3.49. The van der Waals surface area contributed by atoms with Gasteiger partial charge < -0.3 is 13.9 Å². The fourth-order valence-corrected chi connectivity index (χ4v) is 2.35. The SMILES string of the molecule is CCOC(OCC)C(=O)c1c(C)oc(C(C)(C)C)c1C. The van der Waals surface area contributed by atoms with Crippen LogP contribution in [-0.2, 0) is 14.9 Å². The van der Waals surface area contributed by atoms with E-state index in [2.05, 4.69) is 20.8 Å². The molecule has 1 heterocycles. The molecule has 0 spiro atoms. The topological polar surface area (TPSA) is 48.7 Å². The average Bonchev–Trinajstić information content (AvgIpc) is 2.63. The summed E-state index contributed by atoms with van der Waals surface area (Å²) in [7, 11) is 0. The van der Waals surface area contributed by atoms with E-state index in [0.29, 0.717) is 24.5 Å². The molecule has 1 aromatic heterocycles. The van der Waals surface area contributed by atoms with Gasteiger partial charge in [-0.15, -0.1) is 0 Å². The number of hydrogen-bond donors (Lipinski definition) is 0. The van der Waals surface area contributed by atoms with Crippen molar-refractivity contribution >= 4 is 5.78 Å². The Kier molecular flexibility index (Phi) is 5.54. The lowest BCUT2D eigenvalue weighted by molar-refractivity contribution is -0.107. The molecule has 4 heteroatoms. The lowest BCUT2D eigenvalue weighted by atomic mass is 9.89. The van der Waals surface area contributed by atoms with Crippen molar-refractivity contribution in [3.8, 4) is 0 Å². The van der Waals surface area contributed by atoms with Crippen molar-refractivity contribution < 1.29 is 18.7 Å². The molecule has 4 nitrogen and oxygen atoms in total. The van der Waals surface area contributed by atoms with Crippen LogP contribution in [0.1, 0.15) is 62.1 Å². The van der Waals surface area contributed by atoms with Gasteiger partial charge in [-0.05, 0) is 27.7 Å². The minimum atomic E-state index is -0.854. The lowest BCUT2D eigenvalue weighted by Gasteiger charge is -2.17. The highest BCUT2D eigenvalue weighted by Gasteiger charge is 2.31. The Hall–Kier alpha value is -1.13. The Morgan fingerprint density at radius 3 is 2.00 bits per heavy atom. The predicted molar refractivity (Wildman–Crippen MR) is 78.3 cm³/mol. The molecule has 114 valence electrons. The number of furan rings is 1. The van der Waals surface area contributed by atoms with E-state index in [1.165, 1.54) is 0 Å². The molecule has 20 heavy (non-hydrogen) atoms. The molecular weight excluding hydrogens is 256 g/mol. The van der Waals surface area contributed by atoms with Crippen molar-refractivity contribution in [2.24, 2.45) is 0 Å². The van der Waals surface area contributed by atoms with Crippen LogP contribution >= 0.6 is 0 Å². The van der Waals surface area contributed by atoms with Gasteiger partial charge in [-0.25, -0.2) is 0 Å². The van der Waals surface area contributed by atoms with Gasteiger partial charge in [-0.2, -0.15) is 0 Å². The van der Waals surface area contributed by atoms with Gasteiger partial charge in [0.2, 0.25) is 12.1 Å². The van der Waals surface area contributed by atoms with E-state index in [1.54, 1.807) is 0 Å². The quantitative estimate of drug-likeness (QED) is 0.588. The molecule has 0 saturated carbocycles. The van der Waals surface area contributed by atoms with Crippen molar-refractivity contribution in [2.75, 3.05) is 13.2 Å². The summed E-state index contributed by atoms with van der Waals surface area (Å²) in [6.45, 7) is 14.5. The van der Waals surface area contributed by atoms with E-state index in [9.17, 15) is 4.79 Å². The Labute approximate surface area is 121 Å². The molecule has 0 saturated heterocycles. The first kappa shape index (κ1) is 16.9. The Morgan fingerprint density at radius 1 is 1.15 bits per heavy atom. The molecule has 0 radical (unpaired) electrons. The Morgan fingerprint density at radius 2 is 1.65 bits per heavy atom. The van der Waals surface area contributed by atoms with Crippen molar-refractivity contribution in [1.29, 1.82) is 0 Å². The molecule has 0 amide bonds. The van der Waals surface area contributed by atoms with E-state index in [0.717, 1.165) is 11.3 Å². The number of ketones is 1. The fourth-order valence-electron chi connectivity index (χ4n) is 2.35. The molecule has 0 aromatic carbocycles. The summed E-state index contributed by atoms with van der Waals surface area (Å²) in [5, 5.41) is 0. The normalized spacial score (nSPS) is 12.2. The molecule has 1 aromatic rings. The van der Waals surface area contributed by atoms with Gasteiger partial charge in [0.05, 0.1) is 5.56 Å². The smallest absolute Gasteiger partial charge is 0.222 e. The van der Waals surface area contributed by atoms with Crippen LogP contribution in [0.15, 0.2) is 4.42 Å². The van der Waals surface area contributed by atoms with Gasteiger partial charge in [0.25, 0.3) is 0 Å². The molecule has 1 rings (SSSR count). The standard InChI is InChI=1S/C16H26O4/c1-8-18-15(19-9-2)13(17)12-10(3)14(16(5,6)7)20-11(12)4/h15H,8-9H2,1-7H3. The average molecular weight is 282 g/mol. The van der Waals surface area contributed by atoms with E-state index in [1.807, 2.05) is 27.7 Å². The summed E-state index contributed by atoms with van der Waals surface area (Å²) in [6.07, 6.45) is -0.854. The minimum absolute atomic E-state index is 0.139. The summed E-state index contributed by atoms with van der Waals surface area (Å²) in [6, 6.07) is 0. The second-order valence-electron chi connectivity index (χ2n) is 5.84. The number of carbonyl (C=O) groups excluding carboxylic acids is 1. The zero-order valence-electron chi connectivity index (χ0n) is 13.6. The molecule has 0 bridgehead atoms. The highest BCUT2D eigenvalue weighted by Crippen LogP contribution is 2.32.